The van der Waals surface area contributed by atoms with Crippen LogP contribution < -0.4 is 0 Å². The number of benzene rings is 6. The lowest BCUT2D eigenvalue weighted by Crippen LogP contribution is -2.10. The van der Waals surface area contributed by atoms with E-state index in [0.29, 0.717) is 0 Å². The van der Waals surface area contributed by atoms with Gasteiger partial charge in [0.15, 0.2) is 0 Å². The zero-order valence-electron chi connectivity index (χ0n) is 23.0. The lowest BCUT2D eigenvalue weighted by atomic mass is 9.86. The largest absolute Gasteiger partial charge is 0.352 e. The Labute approximate surface area is 233 Å². The fraction of sp³-hybridized carbons (Fsp3) is 0.105. The number of hydrogen-bond acceptors (Lipinski definition) is 0. The van der Waals surface area contributed by atoms with E-state index < -0.39 is 0 Å². The van der Waals surface area contributed by atoms with Crippen molar-refractivity contribution in [2.75, 3.05) is 0 Å². The lowest BCUT2D eigenvalue weighted by molar-refractivity contribution is 0.591. The van der Waals surface area contributed by atoms with Gasteiger partial charge in [0.05, 0.1) is 22.1 Å². The van der Waals surface area contributed by atoms with Crippen molar-refractivity contribution in [2.24, 2.45) is 0 Å². The second kappa shape index (κ2) is 8.34. The summed E-state index contributed by atoms with van der Waals surface area (Å²) in [5, 5.41) is 7.66. The summed E-state index contributed by atoms with van der Waals surface area (Å²) in [6.45, 7) is 6.87. The van der Waals surface area contributed by atoms with Gasteiger partial charge >= 0.3 is 0 Å². The molecule has 0 atom stereocenters. The Balaban J connectivity index is 1.53. The lowest BCUT2D eigenvalue weighted by Gasteiger charge is -2.19. The first-order chi connectivity index (χ1) is 19.5. The van der Waals surface area contributed by atoms with Crippen LogP contribution in [0.25, 0.3) is 71.2 Å². The van der Waals surface area contributed by atoms with Crippen molar-refractivity contribution < 1.29 is 0 Å². The summed E-state index contributed by atoms with van der Waals surface area (Å²) in [6, 6.07) is 44.3. The zero-order valence-corrected chi connectivity index (χ0v) is 23.0. The number of nitrogens with one attached hydrogen (secondary N) is 1. The number of hydrogen-bond donors (Lipinski definition) is 1. The molecular formula is C38H30N2. The third-order valence-corrected chi connectivity index (χ3v) is 8.49. The second-order valence-corrected chi connectivity index (χ2v) is 11.9. The van der Waals surface area contributed by atoms with Gasteiger partial charge in [0, 0.05) is 21.8 Å². The van der Waals surface area contributed by atoms with E-state index in [1.54, 1.807) is 0 Å². The van der Waals surface area contributed by atoms with E-state index >= 15 is 0 Å². The SMILES string of the molecule is CC(C)(C)c1ccc2c(c1)c1[nH]c3c4ccccc4c4ccccc4c3c1n2-c1ccc(-c2ccccc2)cc1. The molecule has 0 unspecified atom stereocenters. The molecular weight excluding hydrogens is 484 g/mol. The van der Waals surface area contributed by atoms with Crippen molar-refractivity contribution in [1.82, 2.24) is 9.55 Å². The molecule has 8 aromatic rings. The number of aromatic amines is 1. The molecule has 0 aliphatic carbocycles. The molecule has 0 bridgehead atoms. The summed E-state index contributed by atoms with van der Waals surface area (Å²) in [5.41, 5.74) is 9.89. The Morgan fingerprint density at radius 3 is 1.82 bits per heavy atom. The highest BCUT2D eigenvalue weighted by molar-refractivity contribution is 6.33. The number of aromatic nitrogens is 2. The maximum Gasteiger partial charge on any atom is 0.0804 e. The summed E-state index contributed by atoms with van der Waals surface area (Å²) in [7, 11) is 0. The molecule has 2 heterocycles. The number of nitrogens with zero attached hydrogens (tertiary/aromatic N) is 1. The standard InChI is InChI=1S/C38H30N2/c1-38(2,3)26-19-22-33-32(23-26)36-37(40(33)27-20-17-25(18-21-27)24-11-5-4-6-12-24)34-30-15-9-7-13-28(30)29-14-8-10-16-31(29)35(34)39-36/h4-23,39H,1-3H3. The van der Waals surface area contributed by atoms with Crippen LogP contribution in [-0.4, -0.2) is 9.55 Å². The molecule has 0 aliphatic heterocycles. The first-order valence-electron chi connectivity index (χ1n) is 14.0. The predicted molar refractivity (Wildman–Crippen MR) is 172 cm³/mol. The highest BCUT2D eigenvalue weighted by Gasteiger charge is 2.23. The molecule has 0 saturated heterocycles. The van der Waals surface area contributed by atoms with Crippen LogP contribution in [0.2, 0.25) is 0 Å². The molecule has 0 aliphatic rings. The van der Waals surface area contributed by atoms with Gasteiger partial charge in [0.2, 0.25) is 0 Å². The number of fused-ring (bicyclic) bond motifs is 10. The summed E-state index contributed by atoms with van der Waals surface area (Å²) >= 11 is 0. The second-order valence-electron chi connectivity index (χ2n) is 11.9. The molecule has 40 heavy (non-hydrogen) atoms. The highest BCUT2D eigenvalue weighted by atomic mass is 15.0. The van der Waals surface area contributed by atoms with Crippen LogP contribution in [0, 0.1) is 0 Å². The molecule has 8 rings (SSSR count). The van der Waals surface area contributed by atoms with Crippen LogP contribution in [0.5, 0.6) is 0 Å². The van der Waals surface area contributed by atoms with Crippen LogP contribution >= 0.6 is 0 Å². The van der Waals surface area contributed by atoms with Crippen molar-refractivity contribution in [3.8, 4) is 16.8 Å². The van der Waals surface area contributed by atoms with Gasteiger partial charge in [-0.15, -0.1) is 0 Å². The third-order valence-electron chi connectivity index (χ3n) is 8.49. The van der Waals surface area contributed by atoms with Gasteiger partial charge < -0.3 is 9.55 Å². The average Bonchev–Trinajstić information content (AvgIpc) is 3.52. The molecule has 192 valence electrons. The van der Waals surface area contributed by atoms with Crippen molar-refractivity contribution in [3.63, 3.8) is 0 Å². The quantitative estimate of drug-likeness (QED) is 0.222. The van der Waals surface area contributed by atoms with Gasteiger partial charge in [-0.2, -0.15) is 0 Å². The van der Waals surface area contributed by atoms with Gasteiger partial charge in [-0.25, -0.2) is 0 Å². The molecule has 0 radical (unpaired) electrons. The van der Waals surface area contributed by atoms with Crippen LogP contribution in [0.1, 0.15) is 26.3 Å². The summed E-state index contributed by atoms with van der Waals surface area (Å²) in [6.07, 6.45) is 0. The van der Waals surface area contributed by atoms with E-state index in [0.717, 1.165) is 0 Å². The highest BCUT2D eigenvalue weighted by Crippen LogP contribution is 2.44. The Morgan fingerprint density at radius 1 is 0.525 bits per heavy atom. The average molecular weight is 515 g/mol. The van der Waals surface area contributed by atoms with Crippen LogP contribution in [0.15, 0.2) is 121 Å². The Kier molecular flexibility index (Phi) is 4.82. The maximum absolute atomic E-state index is 3.94. The third kappa shape index (κ3) is 3.29. The van der Waals surface area contributed by atoms with Crippen LogP contribution in [0.3, 0.4) is 0 Å². The van der Waals surface area contributed by atoms with E-state index in [2.05, 4.69) is 152 Å². The van der Waals surface area contributed by atoms with Crippen molar-refractivity contribution >= 4 is 54.4 Å². The first-order valence-corrected chi connectivity index (χ1v) is 14.0. The summed E-state index contributed by atoms with van der Waals surface area (Å²) in [4.78, 5) is 3.94. The number of rotatable bonds is 2. The molecule has 2 aromatic heterocycles. The molecule has 0 fully saturated rings. The molecule has 0 spiro atoms. The van der Waals surface area contributed by atoms with Crippen molar-refractivity contribution in [1.29, 1.82) is 0 Å². The van der Waals surface area contributed by atoms with E-state index in [1.165, 1.54) is 76.8 Å². The van der Waals surface area contributed by atoms with E-state index in [-0.39, 0.29) is 5.41 Å². The Morgan fingerprint density at radius 2 is 1.12 bits per heavy atom. The van der Waals surface area contributed by atoms with Gasteiger partial charge in [-0.3, -0.25) is 0 Å². The van der Waals surface area contributed by atoms with Crippen LogP contribution in [-0.2, 0) is 5.41 Å². The molecule has 0 saturated carbocycles. The minimum absolute atomic E-state index is 0.0609. The monoisotopic (exact) mass is 514 g/mol. The minimum atomic E-state index is 0.0609. The van der Waals surface area contributed by atoms with E-state index in [1.807, 2.05) is 0 Å². The summed E-state index contributed by atoms with van der Waals surface area (Å²) in [5.74, 6) is 0. The normalized spacial score (nSPS) is 12.4. The van der Waals surface area contributed by atoms with Gasteiger partial charge in [0.25, 0.3) is 0 Å². The predicted octanol–water partition coefficient (Wildman–Crippen LogP) is 10.5. The number of H-pyrrole nitrogens is 1. The van der Waals surface area contributed by atoms with Crippen molar-refractivity contribution in [3.05, 3.63) is 127 Å². The van der Waals surface area contributed by atoms with Crippen LogP contribution in [0.4, 0.5) is 0 Å². The zero-order chi connectivity index (χ0) is 27.0. The Bertz CT molecular complexity index is 2220. The first kappa shape index (κ1) is 23.1. The topological polar surface area (TPSA) is 20.7 Å². The smallest absolute Gasteiger partial charge is 0.0804 e. The van der Waals surface area contributed by atoms with Crippen molar-refractivity contribution in [2.45, 2.75) is 26.2 Å². The maximum atomic E-state index is 3.94. The Hall–Kier alpha value is -4.82. The summed E-state index contributed by atoms with van der Waals surface area (Å²) < 4.78 is 2.46. The molecule has 1 N–H and O–H groups in total. The van der Waals surface area contributed by atoms with E-state index in [9.17, 15) is 0 Å². The fourth-order valence-corrected chi connectivity index (χ4v) is 6.46. The van der Waals surface area contributed by atoms with Gasteiger partial charge in [0.1, 0.15) is 0 Å². The molecule has 0 amide bonds. The van der Waals surface area contributed by atoms with Gasteiger partial charge in [-0.1, -0.05) is 118 Å². The fourth-order valence-electron chi connectivity index (χ4n) is 6.46. The molecule has 2 heteroatoms. The van der Waals surface area contributed by atoms with Gasteiger partial charge in [-0.05, 0) is 62.5 Å². The minimum Gasteiger partial charge on any atom is -0.352 e. The van der Waals surface area contributed by atoms with E-state index in [4.69, 9.17) is 0 Å². The molecule has 6 aromatic carbocycles. The molecule has 2 nitrogen and oxygen atoms in total.